The molecule has 0 atom stereocenters. The Hall–Kier alpha value is -2.93. The number of hydrogen-bond donors (Lipinski definition) is 2. The minimum Gasteiger partial charge on any atom is -0.383 e. The van der Waals surface area contributed by atoms with Crippen LogP contribution in [0.25, 0.3) is 16.8 Å². The topological polar surface area (TPSA) is 88.5 Å². The number of carbonyl (C=O) groups excluding carboxylic acids is 1. The molecule has 0 spiro atoms. The van der Waals surface area contributed by atoms with Crippen LogP contribution in [0.3, 0.4) is 0 Å². The number of pyridine rings is 2. The smallest absolute Gasteiger partial charge is 0.222 e. The van der Waals surface area contributed by atoms with Crippen molar-refractivity contribution in [1.29, 1.82) is 0 Å². The largest absolute Gasteiger partial charge is 0.383 e. The van der Waals surface area contributed by atoms with E-state index in [-0.39, 0.29) is 5.91 Å². The van der Waals surface area contributed by atoms with Crippen molar-refractivity contribution in [2.24, 2.45) is 0 Å². The molecular formula is C19H24N6O. The van der Waals surface area contributed by atoms with Crippen LogP contribution >= 0.6 is 0 Å². The van der Waals surface area contributed by atoms with Gasteiger partial charge in [-0.25, -0.2) is 9.97 Å². The maximum absolute atomic E-state index is 11.2. The minimum absolute atomic E-state index is 0.141. The molecular weight excluding hydrogens is 328 g/mol. The average molecular weight is 352 g/mol. The average Bonchev–Trinajstić information content (AvgIpc) is 3.01. The summed E-state index contributed by atoms with van der Waals surface area (Å²) in [6.07, 6.45) is 5.55. The number of imidazole rings is 1. The molecule has 1 amide bonds. The third-order valence-electron chi connectivity index (χ3n) is 4.38. The summed E-state index contributed by atoms with van der Waals surface area (Å²) >= 11 is 0. The highest BCUT2D eigenvalue weighted by Crippen LogP contribution is 2.24. The predicted molar refractivity (Wildman–Crippen MR) is 104 cm³/mol. The number of nitrogens with zero attached hydrogens (tertiary/aromatic N) is 4. The van der Waals surface area contributed by atoms with E-state index in [9.17, 15) is 4.79 Å². The Labute approximate surface area is 152 Å². The molecule has 3 aromatic heterocycles. The van der Waals surface area contributed by atoms with Crippen LogP contribution < -0.4 is 11.1 Å². The van der Waals surface area contributed by atoms with Gasteiger partial charge in [0.1, 0.15) is 11.5 Å². The number of carbonyl (C=O) groups is 1. The van der Waals surface area contributed by atoms with Crippen LogP contribution in [0, 0.1) is 0 Å². The molecule has 0 radical (unpaired) electrons. The molecule has 0 aromatic carbocycles. The zero-order chi connectivity index (χ0) is 18.7. The van der Waals surface area contributed by atoms with E-state index in [0.717, 1.165) is 42.0 Å². The molecule has 0 unspecified atom stereocenters. The van der Waals surface area contributed by atoms with Gasteiger partial charge in [0.15, 0.2) is 5.82 Å². The second kappa shape index (κ2) is 7.53. The third kappa shape index (κ3) is 3.83. The lowest BCUT2D eigenvalue weighted by molar-refractivity contribution is -0.114. The van der Waals surface area contributed by atoms with Crippen molar-refractivity contribution in [3.8, 4) is 11.1 Å². The van der Waals surface area contributed by atoms with Crippen LogP contribution in [0.4, 0.5) is 11.6 Å². The van der Waals surface area contributed by atoms with Gasteiger partial charge in [0, 0.05) is 42.6 Å². The van der Waals surface area contributed by atoms with Crippen LogP contribution in [0.15, 0.2) is 36.8 Å². The number of nitrogen functional groups attached to an aromatic ring is 1. The Morgan fingerprint density at radius 2 is 2.00 bits per heavy atom. The molecule has 0 bridgehead atoms. The first-order valence-electron chi connectivity index (χ1n) is 8.73. The standard InChI is InChI=1S/C19H24N6O/c1-4-24(5-2)10-16-8-15(9-21-19(16)20)14-6-7-18-23-17(22-13(3)26)12-25(18)11-14/h6-9,11-12H,4-5,10H2,1-3H3,(H2,20,21)(H,22,26). The summed E-state index contributed by atoms with van der Waals surface area (Å²) in [6.45, 7) is 8.44. The molecule has 0 fully saturated rings. The van der Waals surface area contributed by atoms with Crippen molar-refractivity contribution >= 4 is 23.2 Å². The van der Waals surface area contributed by atoms with Gasteiger partial charge in [-0.1, -0.05) is 13.8 Å². The van der Waals surface area contributed by atoms with Gasteiger partial charge in [-0.05, 0) is 31.3 Å². The van der Waals surface area contributed by atoms with E-state index in [1.165, 1.54) is 6.92 Å². The van der Waals surface area contributed by atoms with E-state index in [1.54, 1.807) is 12.4 Å². The Morgan fingerprint density at radius 3 is 2.69 bits per heavy atom. The number of nitrogens with one attached hydrogen (secondary N) is 1. The van der Waals surface area contributed by atoms with E-state index in [2.05, 4.69) is 40.1 Å². The van der Waals surface area contributed by atoms with Gasteiger partial charge in [-0.2, -0.15) is 0 Å². The van der Waals surface area contributed by atoms with Crippen molar-refractivity contribution in [1.82, 2.24) is 19.3 Å². The van der Waals surface area contributed by atoms with Crippen LogP contribution in [0.5, 0.6) is 0 Å². The lowest BCUT2D eigenvalue weighted by Gasteiger charge is -2.19. The molecule has 3 rings (SSSR count). The highest BCUT2D eigenvalue weighted by atomic mass is 16.1. The number of nitrogens with two attached hydrogens (primary N) is 1. The summed E-state index contributed by atoms with van der Waals surface area (Å²) in [5, 5.41) is 2.70. The predicted octanol–water partition coefficient (Wildman–Crippen LogP) is 2.78. The highest BCUT2D eigenvalue weighted by Gasteiger charge is 2.10. The summed E-state index contributed by atoms with van der Waals surface area (Å²) < 4.78 is 1.89. The Balaban J connectivity index is 1.94. The van der Waals surface area contributed by atoms with Crippen molar-refractivity contribution in [3.63, 3.8) is 0 Å². The van der Waals surface area contributed by atoms with E-state index >= 15 is 0 Å². The maximum Gasteiger partial charge on any atom is 0.222 e. The van der Waals surface area contributed by atoms with Crippen LogP contribution in [-0.2, 0) is 11.3 Å². The summed E-state index contributed by atoms with van der Waals surface area (Å²) in [6, 6.07) is 6.00. The fraction of sp³-hybridized carbons (Fsp3) is 0.316. The number of aromatic nitrogens is 3. The number of fused-ring (bicyclic) bond motifs is 1. The Bertz CT molecular complexity index is 929. The molecule has 26 heavy (non-hydrogen) atoms. The monoisotopic (exact) mass is 352 g/mol. The highest BCUT2D eigenvalue weighted by molar-refractivity contribution is 5.87. The summed E-state index contributed by atoms with van der Waals surface area (Å²) in [5.41, 5.74) is 9.87. The van der Waals surface area contributed by atoms with E-state index < -0.39 is 0 Å². The van der Waals surface area contributed by atoms with Crippen LogP contribution in [-0.4, -0.2) is 38.3 Å². The van der Waals surface area contributed by atoms with Crippen molar-refractivity contribution in [3.05, 3.63) is 42.4 Å². The van der Waals surface area contributed by atoms with Crippen molar-refractivity contribution < 1.29 is 4.79 Å². The Kier molecular flexibility index (Phi) is 5.18. The molecule has 0 saturated heterocycles. The molecule has 0 aliphatic rings. The number of amides is 1. The first-order valence-corrected chi connectivity index (χ1v) is 8.73. The SMILES string of the molecule is CCN(CC)Cc1cc(-c2ccc3nc(NC(C)=O)cn3c2)cnc1N. The molecule has 7 heteroatoms. The number of rotatable bonds is 6. The molecule has 0 saturated carbocycles. The minimum atomic E-state index is -0.141. The Morgan fingerprint density at radius 1 is 1.23 bits per heavy atom. The van der Waals surface area contributed by atoms with Crippen LogP contribution in [0.2, 0.25) is 0 Å². The van der Waals surface area contributed by atoms with Crippen molar-refractivity contribution in [2.45, 2.75) is 27.3 Å². The van der Waals surface area contributed by atoms with Gasteiger partial charge >= 0.3 is 0 Å². The van der Waals surface area contributed by atoms with Gasteiger partial charge < -0.3 is 15.5 Å². The number of hydrogen-bond acceptors (Lipinski definition) is 5. The third-order valence-corrected chi connectivity index (χ3v) is 4.38. The zero-order valence-corrected chi connectivity index (χ0v) is 15.4. The van der Waals surface area contributed by atoms with Gasteiger partial charge in [0.05, 0.1) is 6.20 Å². The molecule has 3 N–H and O–H groups in total. The van der Waals surface area contributed by atoms with Gasteiger partial charge in [0.2, 0.25) is 5.91 Å². The quantitative estimate of drug-likeness (QED) is 0.712. The molecule has 7 nitrogen and oxygen atoms in total. The van der Waals surface area contributed by atoms with Gasteiger partial charge in [-0.15, -0.1) is 0 Å². The number of anilines is 2. The molecule has 3 aromatic rings. The fourth-order valence-electron chi connectivity index (χ4n) is 2.90. The van der Waals surface area contributed by atoms with Crippen LogP contribution in [0.1, 0.15) is 26.3 Å². The zero-order valence-electron chi connectivity index (χ0n) is 15.4. The van der Waals surface area contributed by atoms with E-state index in [0.29, 0.717) is 11.6 Å². The normalized spacial score (nSPS) is 11.2. The second-order valence-electron chi connectivity index (χ2n) is 6.22. The van der Waals surface area contributed by atoms with E-state index in [1.807, 2.05) is 22.7 Å². The molecule has 0 aliphatic carbocycles. The van der Waals surface area contributed by atoms with Crippen molar-refractivity contribution in [2.75, 3.05) is 24.1 Å². The lowest BCUT2D eigenvalue weighted by atomic mass is 10.1. The second-order valence-corrected chi connectivity index (χ2v) is 6.22. The van der Waals surface area contributed by atoms with Gasteiger partial charge in [0.25, 0.3) is 0 Å². The molecule has 136 valence electrons. The molecule has 3 heterocycles. The van der Waals surface area contributed by atoms with E-state index in [4.69, 9.17) is 5.73 Å². The summed E-state index contributed by atoms with van der Waals surface area (Å²) in [4.78, 5) is 22.2. The first-order chi connectivity index (χ1) is 12.5. The first kappa shape index (κ1) is 17.9. The maximum atomic E-state index is 11.2. The summed E-state index contributed by atoms with van der Waals surface area (Å²) in [7, 11) is 0. The summed E-state index contributed by atoms with van der Waals surface area (Å²) in [5.74, 6) is 0.960. The fourth-order valence-corrected chi connectivity index (χ4v) is 2.90. The lowest BCUT2D eigenvalue weighted by Crippen LogP contribution is -2.23. The van der Waals surface area contributed by atoms with Gasteiger partial charge in [-0.3, -0.25) is 9.69 Å². The molecule has 0 aliphatic heterocycles.